The summed E-state index contributed by atoms with van der Waals surface area (Å²) >= 11 is 0. The van der Waals surface area contributed by atoms with E-state index in [1.54, 1.807) is 20.8 Å². The Kier molecular flexibility index (Phi) is 6.28. The Bertz CT molecular complexity index is 625. The van der Waals surface area contributed by atoms with Crippen LogP contribution in [0.15, 0.2) is 24.3 Å². The van der Waals surface area contributed by atoms with Gasteiger partial charge in [0.05, 0.1) is 0 Å². The molecule has 6 nitrogen and oxygen atoms in total. The minimum Gasteiger partial charge on any atom is -0.480 e. The summed E-state index contributed by atoms with van der Waals surface area (Å²) in [5, 5.41) is 9.35. The second kappa shape index (κ2) is 7.62. The van der Waals surface area contributed by atoms with Gasteiger partial charge in [-0.3, -0.25) is 4.90 Å². The molecule has 0 aliphatic rings. The van der Waals surface area contributed by atoms with Gasteiger partial charge >= 0.3 is 18.4 Å². The van der Waals surface area contributed by atoms with E-state index in [1.807, 2.05) is 0 Å². The second-order valence-corrected chi connectivity index (χ2v) is 6.34. The lowest BCUT2D eigenvalue weighted by molar-refractivity contribution is -0.274. The van der Waals surface area contributed by atoms with Crippen molar-refractivity contribution in [3.63, 3.8) is 0 Å². The fraction of sp³-hybridized carbons (Fsp3) is 0.500. The summed E-state index contributed by atoms with van der Waals surface area (Å²) in [6.07, 6.45) is -5.90. The number of carboxylic acid groups (broad SMARTS) is 1. The van der Waals surface area contributed by atoms with Gasteiger partial charge in [-0.1, -0.05) is 12.1 Å². The molecule has 1 N–H and O–H groups in total. The highest BCUT2D eigenvalue weighted by Crippen LogP contribution is 2.24. The van der Waals surface area contributed by atoms with Crippen molar-refractivity contribution < 1.29 is 37.3 Å². The summed E-state index contributed by atoms with van der Waals surface area (Å²) in [5.74, 6) is -1.77. The molecule has 0 aliphatic carbocycles. The number of carbonyl (C=O) groups excluding carboxylic acids is 1. The number of amides is 1. The van der Waals surface area contributed by atoms with E-state index in [4.69, 9.17) is 4.74 Å². The van der Waals surface area contributed by atoms with Crippen molar-refractivity contribution in [3.8, 4) is 5.75 Å². The van der Waals surface area contributed by atoms with Crippen LogP contribution < -0.4 is 4.74 Å². The highest BCUT2D eigenvalue weighted by molar-refractivity contribution is 5.80. The van der Waals surface area contributed by atoms with Crippen LogP contribution in [0, 0.1) is 0 Å². The van der Waals surface area contributed by atoms with Gasteiger partial charge in [0.25, 0.3) is 0 Å². The van der Waals surface area contributed by atoms with E-state index in [-0.39, 0.29) is 12.0 Å². The fourth-order valence-corrected chi connectivity index (χ4v) is 1.94. The number of carbonyl (C=O) groups is 2. The normalized spacial score (nSPS) is 13.1. The van der Waals surface area contributed by atoms with Crippen LogP contribution >= 0.6 is 0 Å². The molecule has 0 spiro atoms. The van der Waals surface area contributed by atoms with E-state index in [1.165, 1.54) is 19.2 Å². The number of likely N-dealkylation sites (N-methyl/N-ethyl adjacent to an activating group) is 1. The zero-order valence-electron chi connectivity index (χ0n) is 14.3. The monoisotopic (exact) mass is 363 g/mol. The third-order valence-electron chi connectivity index (χ3n) is 3.00. The van der Waals surface area contributed by atoms with Crippen LogP contribution in [0.4, 0.5) is 18.0 Å². The highest BCUT2D eigenvalue weighted by atomic mass is 19.4. The van der Waals surface area contributed by atoms with Gasteiger partial charge in [0.1, 0.15) is 17.4 Å². The van der Waals surface area contributed by atoms with Gasteiger partial charge in [-0.05, 0) is 38.5 Å². The Morgan fingerprint density at radius 3 is 2.32 bits per heavy atom. The molecule has 0 aliphatic heterocycles. The quantitative estimate of drug-likeness (QED) is 0.867. The minimum absolute atomic E-state index is 0.208. The standard InChI is InChI=1S/C16H20F3NO5/c1-15(2,3)25-14(23)20(4)12(13(21)22)9-10-6-5-7-11(8-10)24-16(17,18)19/h5-8,12H,9H2,1-4H3,(H,21,22)/t12-/m0/s1. The maximum Gasteiger partial charge on any atom is 0.573 e. The summed E-state index contributed by atoms with van der Waals surface area (Å²) in [6.45, 7) is 4.89. The largest absolute Gasteiger partial charge is 0.573 e. The van der Waals surface area contributed by atoms with E-state index >= 15 is 0 Å². The highest BCUT2D eigenvalue weighted by Gasteiger charge is 2.32. The predicted molar refractivity (Wildman–Crippen MR) is 82.2 cm³/mol. The number of aliphatic carboxylic acids is 1. The van der Waals surface area contributed by atoms with E-state index in [2.05, 4.69) is 4.74 Å². The Morgan fingerprint density at radius 2 is 1.84 bits per heavy atom. The smallest absolute Gasteiger partial charge is 0.480 e. The number of halogens is 3. The molecule has 1 amide bonds. The van der Waals surface area contributed by atoms with Crippen LogP contribution in [-0.4, -0.2) is 47.1 Å². The minimum atomic E-state index is -4.85. The lowest BCUT2D eigenvalue weighted by atomic mass is 10.0. The van der Waals surface area contributed by atoms with Crippen LogP contribution in [0.2, 0.25) is 0 Å². The SMILES string of the molecule is CN(C(=O)OC(C)(C)C)[C@@H](Cc1cccc(OC(F)(F)F)c1)C(=O)O. The van der Waals surface area contributed by atoms with Gasteiger partial charge < -0.3 is 14.6 Å². The first-order valence-electron chi connectivity index (χ1n) is 7.32. The summed E-state index contributed by atoms with van der Waals surface area (Å²) < 4.78 is 45.7. The van der Waals surface area contributed by atoms with Gasteiger partial charge in [-0.2, -0.15) is 0 Å². The number of ether oxygens (including phenoxy) is 2. The molecule has 0 fully saturated rings. The summed E-state index contributed by atoms with van der Waals surface area (Å²) in [4.78, 5) is 24.4. The number of hydrogen-bond donors (Lipinski definition) is 1. The van der Waals surface area contributed by atoms with Crippen molar-refractivity contribution >= 4 is 12.1 Å². The van der Waals surface area contributed by atoms with Gasteiger partial charge in [0, 0.05) is 13.5 Å². The number of rotatable bonds is 5. The van der Waals surface area contributed by atoms with E-state index in [0.717, 1.165) is 17.0 Å². The molecule has 0 heterocycles. The molecule has 25 heavy (non-hydrogen) atoms. The Morgan fingerprint density at radius 1 is 1.24 bits per heavy atom. The predicted octanol–water partition coefficient (Wildman–Crippen LogP) is 3.45. The number of benzene rings is 1. The van der Waals surface area contributed by atoms with E-state index < -0.39 is 35.8 Å². The molecule has 0 saturated heterocycles. The molecule has 0 aromatic heterocycles. The average Bonchev–Trinajstić information content (AvgIpc) is 2.40. The van der Waals surface area contributed by atoms with Crippen LogP contribution in [-0.2, 0) is 16.0 Å². The number of nitrogens with zero attached hydrogens (tertiary/aromatic N) is 1. The lowest BCUT2D eigenvalue weighted by Crippen LogP contribution is -2.46. The number of hydrogen-bond acceptors (Lipinski definition) is 4. The zero-order chi connectivity index (χ0) is 19.4. The van der Waals surface area contributed by atoms with Crippen LogP contribution in [0.5, 0.6) is 5.75 Å². The van der Waals surface area contributed by atoms with Crippen molar-refractivity contribution in [1.29, 1.82) is 0 Å². The molecule has 1 rings (SSSR count). The molecule has 0 saturated carbocycles. The molecular weight excluding hydrogens is 343 g/mol. The fourth-order valence-electron chi connectivity index (χ4n) is 1.94. The van der Waals surface area contributed by atoms with Gasteiger partial charge in [0.2, 0.25) is 0 Å². The molecule has 140 valence electrons. The van der Waals surface area contributed by atoms with Gasteiger partial charge in [-0.25, -0.2) is 9.59 Å². The summed E-state index contributed by atoms with van der Waals surface area (Å²) in [5.41, 5.74) is -0.543. The van der Waals surface area contributed by atoms with E-state index in [9.17, 15) is 27.9 Å². The van der Waals surface area contributed by atoms with Crippen molar-refractivity contribution in [2.45, 2.75) is 45.2 Å². The van der Waals surface area contributed by atoms with Gasteiger partial charge in [0.15, 0.2) is 0 Å². The van der Waals surface area contributed by atoms with Crippen molar-refractivity contribution in [3.05, 3.63) is 29.8 Å². The first-order valence-corrected chi connectivity index (χ1v) is 7.32. The summed E-state index contributed by atoms with van der Waals surface area (Å²) in [7, 11) is 1.25. The number of carboxylic acids is 1. The van der Waals surface area contributed by atoms with Crippen molar-refractivity contribution in [2.24, 2.45) is 0 Å². The third kappa shape index (κ3) is 7.32. The average molecular weight is 363 g/mol. The maximum atomic E-state index is 12.3. The molecule has 9 heteroatoms. The van der Waals surface area contributed by atoms with Gasteiger partial charge in [-0.15, -0.1) is 13.2 Å². The third-order valence-corrected chi connectivity index (χ3v) is 3.00. The Labute approximate surface area is 143 Å². The molecule has 1 aromatic carbocycles. The maximum absolute atomic E-state index is 12.3. The molecule has 1 aromatic rings. The first-order chi connectivity index (χ1) is 11.3. The Balaban J connectivity index is 2.93. The van der Waals surface area contributed by atoms with Crippen LogP contribution in [0.1, 0.15) is 26.3 Å². The molecule has 1 atom stereocenters. The molecule has 0 radical (unpaired) electrons. The second-order valence-electron chi connectivity index (χ2n) is 6.34. The molecular formula is C16H20F3NO5. The van der Waals surface area contributed by atoms with E-state index in [0.29, 0.717) is 0 Å². The lowest BCUT2D eigenvalue weighted by Gasteiger charge is -2.28. The van der Waals surface area contributed by atoms with Crippen molar-refractivity contribution in [1.82, 2.24) is 4.90 Å². The Hall–Kier alpha value is -2.45. The van der Waals surface area contributed by atoms with Crippen molar-refractivity contribution in [2.75, 3.05) is 7.05 Å². The van der Waals surface area contributed by atoms with Crippen LogP contribution in [0.3, 0.4) is 0 Å². The zero-order valence-corrected chi connectivity index (χ0v) is 14.3. The first kappa shape index (κ1) is 20.6. The number of alkyl halides is 3. The molecule has 0 unspecified atom stereocenters. The summed E-state index contributed by atoms with van der Waals surface area (Å²) in [6, 6.07) is 3.62. The molecule has 0 bridgehead atoms. The topological polar surface area (TPSA) is 76.1 Å². The van der Waals surface area contributed by atoms with Crippen LogP contribution in [0.25, 0.3) is 0 Å².